The maximum absolute atomic E-state index is 6.08. The third-order valence-electron chi connectivity index (χ3n) is 4.44. The molecule has 4 rings (SSSR count). The largest absolute Gasteiger partial charge is 0.457 e. The summed E-state index contributed by atoms with van der Waals surface area (Å²) in [6.07, 6.45) is 1.56. The second-order valence-corrected chi connectivity index (χ2v) is 6.77. The van der Waals surface area contributed by atoms with Crippen molar-refractivity contribution in [3.63, 3.8) is 0 Å². The molecule has 1 aromatic heterocycles. The minimum Gasteiger partial charge on any atom is -0.457 e. The van der Waals surface area contributed by atoms with Crippen LogP contribution in [0.15, 0.2) is 91.3 Å². The molecule has 0 aliphatic carbocycles. The van der Waals surface area contributed by atoms with Crippen LogP contribution in [0.4, 0.5) is 17.2 Å². The number of hydrogen-bond donors (Lipinski definition) is 1. The molecule has 0 amide bonds. The lowest BCUT2D eigenvalue weighted by Crippen LogP contribution is -2.08. The Morgan fingerprint density at radius 1 is 0.793 bits per heavy atom. The number of nitrogens with zero attached hydrogens (tertiary/aromatic N) is 3. The zero-order valence-electron chi connectivity index (χ0n) is 16.4. The van der Waals surface area contributed by atoms with Gasteiger partial charge in [0.1, 0.15) is 23.6 Å². The number of rotatable bonds is 6. The van der Waals surface area contributed by atoms with E-state index < -0.39 is 0 Å². The number of anilines is 3. The molecule has 5 nitrogen and oxygen atoms in total. The summed E-state index contributed by atoms with van der Waals surface area (Å²) >= 11 is 0. The molecule has 144 valence electrons. The molecule has 0 aliphatic heterocycles. The number of ether oxygens (including phenoxy) is 1. The van der Waals surface area contributed by atoms with Crippen LogP contribution in [-0.2, 0) is 0 Å². The van der Waals surface area contributed by atoms with Crippen molar-refractivity contribution in [1.82, 2.24) is 9.97 Å². The van der Waals surface area contributed by atoms with Crippen molar-refractivity contribution in [1.29, 1.82) is 0 Å². The number of hydrogen-bond acceptors (Lipinski definition) is 5. The normalized spacial score (nSPS) is 10.4. The molecule has 1 N–H and O–H groups in total. The molecular weight excluding hydrogens is 360 g/mol. The summed E-state index contributed by atoms with van der Waals surface area (Å²) in [7, 11) is 4.04. The van der Waals surface area contributed by atoms with Gasteiger partial charge in [-0.15, -0.1) is 0 Å². The Balaban J connectivity index is 1.62. The van der Waals surface area contributed by atoms with Gasteiger partial charge in [0.2, 0.25) is 0 Å². The van der Waals surface area contributed by atoms with Crippen molar-refractivity contribution in [3.05, 3.63) is 91.3 Å². The number of para-hydroxylation sites is 2. The quantitative estimate of drug-likeness (QED) is 0.460. The highest BCUT2D eigenvalue weighted by Crippen LogP contribution is 2.33. The third-order valence-corrected chi connectivity index (χ3v) is 4.44. The molecular formula is C24H22N4O. The van der Waals surface area contributed by atoms with Gasteiger partial charge < -0.3 is 15.0 Å². The van der Waals surface area contributed by atoms with E-state index in [0.29, 0.717) is 0 Å². The molecule has 29 heavy (non-hydrogen) atoms. The first kappa shape index (κ1) is 18.5. The lowest BCUT2D eigenvalue weighted by Gasteiger charge is -2.14. The minimum absolute atomic E-state index is 0.723. The van der Waals surface area contributed by atoms with Gasteiger partial charge in [-0.05, 0) is 42.5 Å². The SMILES string of the molecule is CN(C)c1cccc(Nc2cc(-c3ccccc3Oc3ccccc3)ncn2)c1. The van der Waals surface area contributed by atoms with Crippen LogP contribution in [0.5, 0.6) is 11.5 Å². The fourth-order valence-electron chi connectivity index (χ4n) is 2.97. The molecule has 0 saturated carbocycles. The van der Waals surface area contributed by atoms with Crippen molar-refractivity contribution in [3.8, 4) is 22.8 Å². The van der Waals surface area contributed by atoms with Gasteiger partial charge in [0.25, 0.3) is 0 Å². The average molecular weight is 382 g/mol. The summed E-state index contributed by atoms with van der Waals surface area (Å²) in [5, 5.41) is 3.36. The molecule has 5 heteroatoms. The first-order valence-corrected chi connectivity index (χ1v) is 9.38. The highest BCUT2D eigenvalue weighted by atomic mass is 16.5. The molecule has 0 unspecified atom stereocenters. The van der Waals surface area contributed by atoms with Crippen LogP contribution in [-0.4, -0.2) is 24.1 Å². The molecule has 0 spiro atoms. The lowest BCUT2D eigenvalue weighted by atomic mass is 10.1. The van der Waals surface area contributed by atoms with Crippen molar-refractivity contribution < 1.29 is 4.74 Å². The Morgan fingerprint density at radius 3 is 2.41 bits per heavy atom. The number of aromatic nitrogens is 2. The van der Waals surface area contributed by atoms with Crippen LogP contribution in [0.25, 0.3) is 11.3 Å². The average Bonchev–Trinajstić information content (AvgIpc) is 2.75. The van der Waals surface area contributed by atoms with E-state index >= 15 is 0 Å². The summed E-state index contributed by atoms with van der Waals surface area (Å²) in [4.78, 5) is 10.9. The van der Waals surface area contributed by atoms with Gasteiger partial charge in [0.15, 0.2) is 0 Å². The molecule has 0 bridgehead atoms. The van der Waals surface area contributed by atoms with Gasteiger partial charge in [-0.25, -0.2) is 9.97 Å². The number of benzene rings is 3. The highest BCUT2D eigenvalue weighted by molar-refractivity contribution is 5.71. The van der Waals surface area contributed by atoms with E-state index in [1.165, 1.54) is 0 Å². The predicted molar refractivity (Wildman–Crippen MR) is 118 cm³/mol. The van der Waals surface area contributed by atoms with Crippen LogP contribution < -0.4 is 15.0 Å². The Morgan fingerprint density at radius 2 is 1.59 bits per heavy atom. The predicted octanol–water partition coefficient (Wildman–Crippen LogP) is 5.75. The topological polar surface area (TPSA) is 50.3 Å². The van der Waals surface area contributed by atoms with Gasteiger partial charge in [0.05, 0.1) is 5.69 Å². The van der Waals surface area contributed by atoms with Crippen LogP contribution in [0, 0.1) is 0 Å². The first-order valence-electron chi connectivity index (χ1n) is 9.38. The zero-order valence-corrected chi connectivity index (χ0v) is 16.4. The Labute approximate surface area is 170 Å². The molecule has 1 heterocycles. The molecule has 0 aliphatic rings. The molecule has 0 atom stereocenters. The van der Waals surface area contributed by atoms with E-state index in [9.17, 15) is 0 Å². The molecule has 4 aromatic rings. The maximum Gasteiger partial charge on any atom is 0.136 e. The van der Waals surface area contributed by atoms with E-state index in [-0.39, 0.29) is 0 Å². The maximum atomic E-state index is 6.08. The van der Waals surface area contributed by atoms with Gasteiger partial charge >= 0.3 is 0 Å². The van der Waals surface area contributed by atoms with E-state index in [4.69, 9.17) is 4.74 Å². The summed E-state index contributed by atoms with van der Waals surface area (Å²) in [5.74, 6) is 2.26. The summed E-state index contributed by atoms with van der Waals surface area (Å²) in [6.45, 7) is 0. The van der Waals surface area contributed by atoms with Crippen LogP contribution in [0.3, 0.4) is 0 Å². The summed E-state index contributed by atoms with van der Waals surface area (Å²) < 4.78 is 6.08. The fraction of sp³-hybridized carbons (Fsp3) is 0.0833. The monoisotopic (exact) mass is 382 g/mol. The van der Waals surface area contributed by atoms with Gasteiger partial charge in [0, 0.05) is 37.1 Å². The standard InChI is InChI=1S/C24H22N4O/c1-28(2)19-10-8-9-18(15-19)27-24-16-22(25-17-26-24)21-13-6-7-14-23(21)29-20-11-4-3-5-12-20/h3-17H,1-2H3,(H,25,26,27). The fourth-order valence-corrected chi connectivity index (χ4v) is 2.97. The summed E-state index contributed by atoms with van der Waals surface area (Å²) in [5.41, 5.74) is 3.78. The van der Waals surface area contributed by atoms with E-state index in [0.717, 1.165) is 39.9 Å². The molecule has 0 radical (unpaired) electrons. The smallest absolute Gasteiger partial charge is 0.136 e. The Kier molecular flexibility index (Phi) is 5.38. The summed E-state index contributed by atoms with van der Waals surface area (Å²) in [6, 6.07) is 27.7. The molecule has 3 aromatic carbocycles. The highest BCUT2D eigenvalue weighted by Gasteiger charge is 2.10. The van der Waals surface area contributed by atoms with E-state index in [1.54, 1.807) is 6.33 Å². The van der Waals surface area contributed by atoms with Gasteiger partial charge in [-0.3, -0.25) is 0 Å². The lowest BCUT2D eigenvalue weighted by molar-refractivity contribution is 0.484. The van der Waals surface area contributed by atoms with Crippen molar-refractivity contribution in [2.75, 3.05) is 24.3 Å². The third kappa shape index (κ3) is 4.52. The Hall–Kier alpha value is -3.86. The minimum atomic E-state index is 0.723. The molecule has 0 saturated heterocycles. The molecule has 0 fully saturated rings. The van der Waals surface area contributed by atoms with Gasteiger partial charge in [-0.2, -0.15) is 0 Å². The van der Waals surface area contributed by atoms with Gasteiger partial charge in [-0.1, -0.05) is 36.4 Å². The van der Waals surface area contributed by atoms with E-state index in [2.05, 4.69) is 32.3 Å². The van der Waals surface area contributed by atoms with Crippen molar-refractivity contribution >= 4 is 17.2 Å². The second kappa shape index (κ2) is 8.44. The Bertz CT molecular complexity index is 1100. The number of nitrogens with one attached hydrogen (secondary N) is 1. The second-order valence-electron chi connectivity index (χ2n) is 6.77. The van der Waals surface area contributed by atoms with E-state index in [1.807, 2.05) is 86.9 Å². The van der Waals surface area contributed by atoms with Crippen LogP contribution in [0.2, 0.25) is 0 Å². The van der Waals surface area contributed by atoms with Crippen LogP contribution in [0.1, 0.15) is 0 Å². The van der Waals surface area contributed by atoms with Crippen LogP contribution >= 0.6 is 0 Å². The zero-order chi connectivity index (χ0) is 20.1. The van der Waals surface area contributed by atoms with Crippen molar-refractivity contribution in [2.24, 2.45) is 0 Å². The first-order chi connectivity index (χ1) is 14.2. The van der Waals surface area contributed by atoms with Crippen molar-refractivity contribution in [2.45, 2.75) is 0 Å².